The van der Waals surface area contributed by atoms with E-state index in [4.69, 9.17) is 27.9 Å². The summed E-state index contributed by atoms with van der Waals surface area (Å²) in [5, 5.41) is 4.21. The van der Waals surface area contributed by atoms with Crippen LogP contribution in [0.4, 0.5) is 45.3 Å². The highest BCUT2D eigenvalue weighted by molar-refractivity contribution is 6.38. The topological polar surface area (TPSA) is 69.0 Å². The van der Waals surface area contributed by atoms with Crippen LogP contribution in [0.3, 0.4) is 0 Å². The van der Waals surface area contributed by atoms with Gasteiger partial charge in [0.05, 0.1) is 33.1 Å². The van der Waals surface area contributed by atoms with Crippen LogP contribution in [0, 0.1) is 0 Å². The Hall–Kier alpha value is -2.94. The number of nitrogens with one attached hydrogen (secondary N) is 1. The SMILES string of the molecule is CC(=O)OCCCCCNc1c2c(C(F)(F)F)nc(C(F)(F)F)cc2nn1-c1c(Cl)cc(C(F)(F)F)cc1Cl. The van der Waals surface area contributed by atoms with Gasteiger partial charge in [-0.25, -0.2) is 9.67 Å². The molecule has 3 aromatic rings. The number of hydrogen-bond donors (Lipinski definition) is 1. The van der Waals surface area contributed by atoms with E-state index in [0.717, 1.165) is 0 Å². The van der Waals surface area contributed by atoms with Crippen LogP contribution >= 0.6 is 23.2 Å². The normalized spacial score (nSPS) is 12.7. The maximum Gasteiger partial charge on any atom is 0.434 e. The second-order valence-corrected chi connectivity index (χ2v) is 8.93. The third kappa shape index (κ3) is 7.18. The fraction of sp³-hybridized carbons (Fsp3) is 0.409. The van der Waals surface area contributed by atoms with Crippen molar-refractivity contribution in [2.45, 2.75) is 44.7 Å². The van der Waals surface area contributed by atoms with Crippen molar-refractivity contribution < 1.29 is 49.0 Å². The lowest BCUT2D eigenvalue weighted by atomic mass is 10.1. The minimum absolute atomic E-state index is 0.0605. The van der Waals surface area contributed by atoms with Crippen molar-refractivity contribution in [1.82, 2.24) is 14.8 Å². The average Bonchev–Trinajstić information content (AvgIpc) is 3.13. The molecule has 0 fully saturated rings. The maximum absolute atomic E-state index is 13.9. The summed E-state index contributed by atoms with van der Waals surface area (Å²) in [5.74, 6) is -1.04. The molecule has 0 atom stereocenters. The zero-order valence-electron chi connectivity index (χ0n) is 19.6. The van der Waals surface area contributed by atoms with E-state index in [0.29, 0.717) is 29.7 Å². The van der Waals surface area contributed by atoms with E-state index >= 15 is 0 Å². The van der Waals surface area contributed by atoms with Crippen LogP contribution < -0.4 is 5.32 Å². The van der Waals surface area contributed by atoms with E-state index in [1.54, 1.807) is 0 Å². The summed E-state index contributed by atoms with van der Waals surface area (Å²) in [6.07, 6.45) is -14.4. The molecule has 0 saturated heterocycles. The Kier molecular flexibility index (Phi) is 8.85. The van der Waals surface area contributed by atoms with Gasteiger partial charge in [0.1, 0.15) is 17.2 Å². The van der Waals surface area contributed by atoms with Crippen LogP contribution in [0.2, 0.25) is 10.0 Å². The van der Waals surface area contributed by atoms with Crippen molar-refractivity contribution in [3.05, 3.63) is 45.2 Å². The predicted octanol–water partition coefficient (Wildman–Crippen LogP) is 7.93. The van der Waals surface area contributed by atoms with Gasteiger partial charge in [-0.15, -0.1) is 0 Å². The number of carbonyl (C=O) groups is 1. The Morgan fingerprint density at radius 1 is 0.923 bits per heavy atom. The Balaban J connectivity index is 2.17. The average molecular weight is 611 g/mol. The summed E-state index contributed by atoms with van der Waals surface area (Å²) < 4.78 is 127. The number of ether oxygens (including phenoxy) is 1. The molecule has 2 aromatic heterocycles. The number of alkyl halides is 9. The molecule has 39 heavy (non-hydrogen) atoms. The standard InChI is InChI=1S/C22H17Cl2F9N4O2/c1-10(38)39-6-4-2-3-5-34-19-16-14(9-15(21(28,29)30)35-18(16)22(31,32)33)36-37(19)17-12(23)7-11(8-13(17)24)20(25,26)27/h7-9,34H,2-6H2,1H3. The summed E-state index contributed by atoms with van der Waals surface area (Å²) in [7, 11) is 0. The van der Waals surface area contributed by atoms with Crippen molar-refractivity contribution in [1.29, 1.82) is 0 Å². The largest absolute Gasteiger partial charge is 0.466 e. The third-order valence-electron chi connectivity index (χ3n) is 5.19. The molecule has 1 aromatic carbocycles. The quantitative estimate of drug-likeness (QED) is 0.159. The lowest BCUT2D eigenvalue weighted by molar-refractivity contribution is -0.149. The highest BCUT2D eigenvalue weighted by Gasteiger charge is 2.42. The van der Waals surface area contributed by atoms with Crippen LogP contribution in [0.25, 0.3) is 16.6 Å². The van der Waals surface area contributed by atoms with Gasteiger partial charge in [-0.05, 0) is 37.5 Å². The summed E-state index contributed by atoms with van der Waals surface area (Å²) in [6, 6.07) is 1.19. The second kappa shape index (κ2) is 11.3. The number of hydrogen-bond acceptors (Lipinski definition) is 5. The van der Waals surface area contributed by atoms with Crippen molar-refractivity contribution in [2.24, 2.45) is 0 Å². The molecule has 0 radical (unpaired) electrons. The minimum atomic E-state index is -5.37. The molecular formula is C22H17Cl2F9N4O2. The number of benzene rings is 1. The van der Waals surface area contributed by atoms with Gasteiger partial charge in [0.2, 0.25) is 0 Å². The lowest BCUT2D eigenvalue weighted by Gasteiger charge is -2.16. The molecule has 0 bridgehead atoms. The van der Waals surface area contributed by atoms with Crippen LogP contribution in [-0.4, -0.2) is 33.9 Å². The predicted molar refractivity (Wildman–Crippen MR) is 123 cm³/mol. The zero-order valence-corrected chi connectivity index (χ0v) is 21.1. The fourth-order valence-corrected chi connectivity index (χ4v) is 4.19. The number of unbranched alkanes of at least 4 members (excludes halogenated alkanes) is 2. The van der Waals surface area contributed by atoms with E-state index in [1.807, 2.05) is 0 Å². The molecule has 17 heteroatoms. The summed E-state index contributed by atoms with van der Waals surface area (Å²) >= 11 is 12.0. The van der Waals surface area contributed by atoms with Gasteiger partial charge < -0.3 is 10.1 Å². The number of fused-ring (bicyclic) bond motifs is 1. The van der Waals surface area contributed by atoms with Gasteiger partial charge in [0.15, 0.2) is 5.69 Å². The van der Waals surface area contributed by atoms with Crippen molar-refractivity contribution in [3.63, 3.8) is 0 Å². The number of halogens is 11. The molecule has 0 aliphatic carbocycles. The van der Waals surface area contributed by atoms with Crippen molar-refractivity contribution in [3.8, 4) is 5.69 Å². The Labute approximate surface area is 224 Å². The van der Waals surface area contributed by atoms with E-state index in [-0.39, 0.29) is 25.6 Å². The van der Waals surface area contributed by atoms with E-state index in [2.05, 4.69) is 15.4 Å². The first-order valence-corrected chi connectivity index (χ1v) is 11.7. The van der Waals surface area contributed by atoms with Gasteiger partial charge in [0.25, 0.3) is 0 Å². The van der Waals surface area contributed by atoms with E-state index in [1.165, 1.54) is 6.92 Å². The summed E-state index contributed by atoms with van der Waals surface area (Å²) in [6.45, 7) is 1.24. The van der Waals surface area contributed by atoms with E-state index in [9.17, 15) is 44.3 Å². The number of aromatic nitrogens is 3. The summed E-state index contributed by atoms with van der Waals surface area (Å²) in [4.78, 5) is 13.6. The number of rotatable bonds is 8. The highest BCUT2D eigenvalue weighted by Crippen LogP contribution is 2.43. The number of carbonyl (C=O) groups excluding carboxylic acids is 1. The first-order valence-electron chi connectivity index (χ1n) is 10.9. The van der Waals surface area contributed by atoms with Crippen molar-refractivity contribution in [2.75, 3.05) is 18.5 Å². The molecule has 3 rings (SSSR count). The number of pyridine rings is 1. The van der Waals surface area contributed by atoms with Gasteiger partial charge in [-0.2, -0.15) is 44.6 Å². The molecule has 6 nitrogen and oxygen atoms in total. The monoisotopic (exact) mass is 610 g/mol. The molecule has 0 spiro atoms. The number of nitrogens with zero attached hydrogens (tertiary/aromatic N) is 3. The maximum atomic E-state index is 13.9. The molecule has 0 saturated carbocycles. The van der Waals surface area contributed by atoms with Gasteiger partial charge >= 0.3 is 24.5 Å². The Morgan fingerprint density at radius 2 is 1.54 bits per heavy atom. The minimum Gasteiger partial charge on any atom is -0.466 e. The van der Waals surface area contributed by atoms with Crippen LogP contribution in [0.5, 0.6) is 0 Å². The van der Waals surface area contributed by atoms with Gasteiger partial charge in [-0.1, -0.05) is 23.2 Å². The third-order valence-corrected chi connectivity index (χ3v) is 5.77. The van der Waals surface area contributed by atoms with Gasteiger partial charge in [0, 0.05) is 13.5 Å². The zero-order chi connectivity index (χ0) is 29.3. The fourth-order valence-electron chi connectivity index (χ4n) is 3.54. The molecule has 1 N–H and O–H groups in total. The van der Waals surface area contributed by atoms with E-state index < -0.39 is 73.9 Å². The molecule has 0 unspecified atom stereocenters. The number of esters is 1. The van der Waals surface area contributed by atoms with Gasteiger partial charge in [-0.3, -0.25) is 4.79 Å². The molecule has 2 heterocycles. The smallest absolute Gasteiger partial charge is 0.434 e. The first kappa shape index (κ1) is 30.6. The van der Waals surface area contributed by atoms with Crippen LogP contribution in [0.15, 0.2) is 18.2 Å². The molecule has 0 amide bonds. The first-order chi connectivity index (χ1) is 17.9. The number of anilines is 1. The van der Waals surface area contributed by atoms with Crippen LogP contribution in [0.1, 0.15) is 43.1 Å². The Bertz CT molecular complexity index is 1350. The molecular weight excluding hydrogens is 594 g/mol. The molecule has 214 valence electrons. The summed E-state index contributed by atoms with van der Waals surface area (Å²) in [5.41, 5.74) is -6.38. The lowest BCUT2D eigenvalue weighted by Crippen LogP contribution is -2.16. The van der Waals surface area contributed by atoms with Crippen LogP contribution in [-0.2, 0) is 28.1 Å². The molecule has 0 aliphatic rings. The van der Waals surface area contributed by atoms with Crippen molar-refractivity contribution >= 4 is 45.9 Å². The Morgan fingerprint density at radius 3 is 2.05 bits per heavy atom. The highest BCUT2D eigenvalue weighted by atomic mass is 35.5. The second-order valence-electron chi connectivity index (χ2n) is 8.12. The molecule has 0 aliphatic heterocycles.